The van der Waals surface area contributed by atoms with Crippen LogP contribution in [0.2, 0.25) is 0 Å². The molecule has 0 bridgehead atoms. The maximum Gasteiger partial charge on any atom is 0.381 e. The maximum atomic E-state index is 6.40. The van der Waals surface area contributed by atoms with Gasteiger partial charge in [-0.2, -0.15) is 0 Å². The molecule has 5 heteroatoms. The van der Waals surface area contributed by atoms with Crippen molar-refractivity contribution in [2.45, 2.75) is 20.4 Å². The van der Waals surface area contributed by atoms with Gasteiger partial charge in [0.2, 0.25) is 0 Å². The predicted molar refractivity (Wildman–Crippen MR) is 131 cm³/mol. The van der Waals surface area contributed by atoms with Gasteiger partial charge in [0, 0.05) is 36.1 Å². The molecule has 5 rings (SSSR count). The summed E-state index contributed by atoms with van der Waals surface area (Å²) in [6.45, 7) is 7.01. The zero-order chi connectivity index (χ0) is 21.2. The van der Waals surface area contributed by atoms with Gasteiger partial charge in [-0.3, -0.25) is 0 Å². The molecule has 1 N–H and O–H groups in total. The van der Waals surface area contributed by atoms with Crippen molar-refractivity contribution in [2.75, 3.05) is 23.3 Å². The second-order valence-corrected chi connectivity index (χ2v) is 7.69. The van der Waals surface area contributed by atoms with Gasteiger partial charge in [0.1, 0.15) is 0 Å². The third-order valence-corrected chi connectivity index (χ3v) is 5.83. The minimum atomic E-state index is 0. The lowest BCUT2D eigenvalue weighted by Gasteiger charge is -2.19. The second-order valence-electron chi connectivity index (χ2n) is 7.69. The van der Waals surface area contributed by atoms with Crippen molar-refractivity contribution in [1.29, 1.82) is 0 Å². The molecular weight excluding hydrogens is 418 g/mol. The number of hydrogen-bond acceptors (Lipinski definition) is 3. The second kappa shape index (κ2) is 9.41. The van der Waals surface area contributed by atoms with Crippen LogP contribution in [0.4, 0.5) is 11.4 Å². The van der Waals surface area contributed by atoms with Crippen LogP contribution >= 0.6 is 0 Å². The van der Waals surface area contributed by atoms with E-state index in [2.05, 4.69) is 96.9 Å². The van der Waals surface area contributed by atoms with Crippen molar-refractivity contribution < 1.29 is 16.8 Å². The van der Waals surface area contributed by atoms with Crippen LogP contribution < -0.4 is 22.6 Å². The van der Waals surface area contributed by atoms with E-state index in [1.807, 2.05) is 6.07 Å². The van der Waals surface area contributed by atoms with Gasteiger partial charge < -0.3 is 22.6 Å². The largest absolute Gasteiger partial charge is 1.00 e. The molecule has 1 heterocycles. The molecule has 0 aliphatic heterocycles. The highest BCUT2D eigenvalue weighted by Gasteiger charge is 2.20. The molecule has 0 amide bonds. The van der Waals surface area contributed by atoms with Crippen LogP contribution in [0.25, 0.3) is 33.0 Å². The number of hydrogen-bond donors (Lipinski definition) is 1. The Bertz CT molecular complexity index is 1370. The molecule has 0 fully saturated rings. The summed E-state index contributed by atoms with van der Waals surface area (Å²) < 4.78 is 6.40. The summed E-state index contributed by atoms with van der Waals surface area (Å²) in [6, 6.07) is 27.2. The third-order valence-electron chi connectivity index (χ3n) is 5.83. The molecule has 0 spiro atoms. The third kappa shape index (κ3) is 4.06. The van der Waals surface area contributed by atoms with E-state index >= 15 is 0 Å². The van der Waals surface area contributed by atoms with Gasteiger partial charge in [-0.1, -0.05) is 54.6 Å². The summed E-state index contributed by atoms with van der Waals surface area (Å²) in [5, 5.41) is 5.83. The molecule has 32 heavy (non-hydrogen) atoms. The van der Waals surface area contributed by atoms with Crippen molar-refractivity contribution in [3.63, 3.8) is 0 Å². The van der Waals surface area contributed by atoms with E-state index in [1.165, 1.54) is 5.56 Å². The summed E-state index contributed by atoms with van der Waals surface area (Å²) in [6.07, 6.45) is 0. The number of benzene rings is 4. The van der Waals surface area contributed by atoms with Gasteiger partial charge in [-0.05, 0) is 31.5 Å². The summed E-state index contributed by atoms with van der Waals surface area (Å²) in [5.74, 6) is 0. The first-order valence-corrected chi connectivity index (χ1v) is 10.9. The van der Waals surface area contributed by atoms with Gasteiger partial charge >= 0.3 is 11.2 Å². The van der Waals surface area contributed by atoms with E-state index in [1.54, 1.807) is 0 Å². The van der Waals surface area contributed by atoms with Gasteiger partial charge in [0.25, 0.3) is 0 Å². The molecule has 0 saturated heterocycles. The van der Waals surface area contributed by atoms with Crippen molar-refractivity contribution in [3.8, 4) is 0 Å². The molecule has 0 aliphatic rings. The Morgan fingerprint density at radius 1 is 0.812 bits per heavy atom. The van der Waals surface area contributed by atoms with Gasteiger partial charge in [0.05, 0.1) is 17.8 Å². The molecule has 1 aromatic heterocycles. The van der Waals surface area contributed by atoms with Gasteiger partial charge in [-0.15, -0.1) is 0 Å². The highest BCUT2D eigenvalue weighted by Crippen LogP contribution is 2.33. The molecule has 0 saturated carbocycles. The van der Waals surface area contributed by atoms with E-state index in [9.17, 15) is 0 Å². The lowest BCUT2D eigenvalue weighted by Crippen LogP contribution is -3.00. The monoisotopic (exact) mass is 443 g/mol. The molecule has 4 aromatic carbocycles. The maximum absolute atomic E-state index is 6.40. The lowest BCUT2D eigenvalue weighted by atomic mass is 10.1. The van der Waals surface area contributed by atoms with E-state index in [-0.39, 0.29) is 12.4 Å². The number of nitrogens with one attached hydrogen (secondary N) is 1. The average Bonchev–Trinajstić information content (AvgIpc) is 2.83. The molecule has 0 unspecified atom stereocenters. The molecular formula is C27H26ClN3O. The SMILES string of the molecule is CCN(CC)c1ccc2nc3c(cc(NCc4ccccc4)c4ccccc43)[o+]c2c1.[Cl-]. The Morgan fingerprint density at radius 3 is 2.28 bits per heavy atom. The number of aromatic nitrogens is 1. The number of halogens is 1. The molecule has 4 nitrogen and oxygen atoms in total. The van der Waals surface area contributed by atoms with Crippen LogP contribution in [0.3, 0.4) is 0 Å². The first-order valence-electron chi connectivity index (χ1n) is 10.9. The summed E-state index contributed by atoms with van der Waals surface area (Å²) in [7, 11) is 0. The Labute approximate surface area is 194 Å². The van der Waals surface area contributed by atoms with Crippen molar-refractivity contribution in [3.05, 3.63) is 84.4 Å². The topological polar surface area (TPSA) is 39.5 Å². The zero-order valence-corrected chi connectivity index (χ0v) is 19.1. The highest BCUT2D eigenvalue weighted by molar-refractivity contribution is 6.10. The van der Waals surface area contributed by atoms with Crippen LogP contribution in [-0.4, -0.2) is 18.1 Å². The van der Waals surface area contributed by atoms with Crippen LogP contribution in [0.15, 0.2) is 83.3 Å². The fourth-order valence-corrected chi connectivity index (χ4v) is 4.17. The quantitative estimate of drug-likeness (QED) is 0.245. The van der Waals surface area contributed by atoms with E-state index in [4.69, 9.17) is 9.40 Å². The molecule has 162 valence electrons. The number of fused-ring (bicyclic) bond motifs is 4. The Morgan fingerprint density at radius 2 is 1.53 bits per heavy atom. The number of nitrogens with zero attached hydrogens (tertiary/aromatic N) is 2. The smallest absolute Gasteiger partial charge is 0.381 e. The molecule has 5 aromatic rings. The van der Waals surface area contributed by atoms with Crippen molar-refractivity contribution >= 4 is 44.3 Å². The minimum absolute atomic E-state index is 0. The van der Waals surface area contributed by atoms with E-state index in [0.717, 1.165) is 64.0 Å². The normalized spacial score (nSPS) is 10.9. The van der Waals surface area contributed by atoms with Gasteiger partial charge in [0.15, 0.2) is 11.0 Å². The first-order chi connectivity index (χ1) is 15.3. The number of anilines is 2. The molecule has 0 radical (unpaired) electrons. The van der Waals surface area contributed by atoms with Crippen molar-refractivity contribution in [2.24, 2.45) is 0 Å². The Hall–Kier alpha value is -3.37. The minimum Gasteiger partial charge on any atom is -1.00 e. The summed E-state index contributed by atoms with van der Waals surface area (Å²) >= 11 is 0. The Kier molecular flexibility index (Phi) is 6.42. The molecule has 0 aliphatic carbocycles. The van der Waals surface area contributed by atoms with Crippen molar-refractivity contribution in [1.82, 2.24) is 4.98 Å². The standard InChI is InChI=1S/C27H26N3O.ClH/c1-3-30(4-2)20-14-15-23-25(16-20)31-26-17-24(28-18-19-10-6-5-7-11-19)21-12-8-9-13-22(21)27(26)29-23;/h5-17,28H,3-4,18H2,1-2H3;1H/q+1;/p-1. The number of rotatable bonds is 6. The van der Waals surface area contributed by atoms with Crippen LogP contribution in [-0.2, 0) is 6.54 Å². The summed E-state index contributed by atoms with van der Waals surface area (Å²) in [5.41, 5.74) is 6.81. The Balaban J connectivity index is 0.00000245. The fraction of sp³-hybridized carbons (Fsp3) is 0.185. The van der Waals surface area contributed by atoms with Crippen LogP contribution in [0.1, 0.15) is 19.4 Å². The molecule has 0 atom stereocenters. The predicted octanol–water partition coefficient (Wildman–Crippen LogP) is 3.88. The highest BCUT2D eigenvalue weighted by atomic mass is 35.5. The fourth-order valence-electron chi connectivity index (χ4n) is 4.17. The van der Waals surface area contributed by atoms with Gasteiger partial charge in [-0.25, -0.2) is 9.40 Å². The lowest BCUT2D eigenvalue weighted by molar-refractivity contribution is -0.00000664. The van der Waals surface area contributed by atoms with Crippen LogP contribution in [0, 0.1) is 0 Å². The van der Waals surface area contributed by atoms with E-state index in [0.29, 0.717) is 0 Å². The van der Waals surface area contributed by atoms with Crippen LogP contribution in [0.5, 0.6) is 0 Å². The zero-order valence-electron chi connectivity index (χ0n) is 18.3. The van der Waals surface area contributed by atoms with E-state index < -0.39 is 0 Å². The average molecular weight is 444 g/mol. The summed E-state index contributed by atoms with van der Waals surface area (Å²) in [4.78, 5) is 7.29. The first kappa shape index (κ1) is 21.8.